The zero-order valence-corrected chi connectivity index (χ0v) is 43.3. The summed E-state index contributed by atoms with van der Waals surface area (Å²) in [5, 5.41) is 33.6. The summed E-state index contributed by atoms with van der Waals surface area (Å²) in [5.74, 6) is -0.137. The lowest BCUT2D eigenvalue weighted by Gasteiger charge is -2.26. The molecule has 0 aliphatic carbocycles. The lowest BCUT2D eigenvalue weighted by atomic mass is 9.99. The van der Waals surface area contributed by atoms with Crippen LogP contribution in [0.2, 0.25) is 0 Å². The summed E-state index contributed by atoms with van der Waals surface area (Å²) in [6.07, 6.45) is 65.8. The monoisotopic (exact) mass is 892 g/mol. The highest BCUT2D eigenvalue weighted by molar-refractivity contribution is 5.76. The molecule has 0 fully saturated rings. The molecular formula is C58H117NO4. The van der Waals surface area contributed by atoms with E-state index in [0.29, 0.717) is 12.8 Å². The van der Waals surface area contributed by atoms with Crippen LogP contribution in [-0.2, 0) is 4.79 Å². The molecule has 3 unspecified atom stereocenters. The van der Waals surface area contributed by atoms with Gasteiger partial charge in [-0.2, -0.15) is 0 Å². The first-order valence-corrected chi connectivity index (χ1v) is 29.3. The number of aliphatic hydroxyl groups is 3. The van der Waals surface area contributed by atoms with Gasteiger partial charge >= 0.3 is 0 Å². The second kappa shape index (κ2) is 54.0. The minimum atomic E-state index is -1.13. The molecule has 378 valence electrons. The van der Waals surface area contributed by atoms with Gasteiger partial charge in [-0.1, -0.05) is 322 Å². The highest BCUT2D eigenvalue weighted by atomic mass is 16.3. The zero-order chi connectivity index (χ0) is 45.8. The van der Waals surface area contributed by atoms with E-state index in [2.05, 4.69) is 19.2 Å². The van der Waals surface area contributed by atoms with Gasteiger partial charge in [0.25, 0.3) is 0 Å². The topological polar surface area (TPSA) is 89.8 Å². The van der Waals surface area contributed by atoms with E-state index in [9.17, 15) is 20.1 Å². The van der Waals surface area contributed by atoms with Gasteiger partial charge in [0, 0.05) is 6.42 Å². The minimum Gasteiger partial charge on any atom is -0.394 e. The normalized spacial score (nSPS) is 13.2. The first-order chi connectivity index (χ1) is 31.1. The number of carbonyl (C=O) groups is 1. The third-order valence-electron chi connectivity index (χ3n) is 14.2. The Balaban J connectivity index is 3.37. The fraction of sp³-hybridized carbons (Fsp3) is 0.983. The van der Waals surface area contributed by atoms with Gasteiger partial charge in [-0.25, -0.2) is 0 Å². The molecule has 0 saturated heterocycles. The van der Waals surface area contributed by atoms with Crippen LogP contribution in [0.15, 0.2) is 0 Å². The number of hydrogen-bond donors (Lipinski definition) is 4. The molecule has 0 bridgehead atoms. The fourth-order valence-corrected chi connectivity index (χ4v) is 9.70. The zero-order valence-electron chi connectivity index (χ0n) is 43.3. The second-order valence-electron chi connectivity index (χ2n) is 20.6. The SMILES string of the molecule is CCCCCCCCCCCCCCCCCCCCCCCCCCCCCCCCCCCCCCCC(=O)NC(CO)C(O)C(O)CCCCCCCCCCCCCC. The van der Waals surface area contributed by atoms with E-state index in [4.69, 9.17) is 0 Å². The Morgan fingerprint density at radius 3 is 0.762 bits per heavy atom. The number of unbranched alkanes of at least 4 members (excludes halogenated alkanes) is 47. The van der Waals surface area contributed by atoms with E-state index in [-0.39, 0.29) is 12.5 Å². The van der Waals surface area contributed by atoms with Gasteiger partial charge in [-0.05, 0) is 12.8 Å². The molecular weight excluding hydrogens is 775 g/mol. The molecule has 4 N–H and O–H groups in total. The van der Waals surface area contributed by atoms with Gasteiger partial charge in [0.05, 0.1) is 18.8 Å². The van der Waals surface area contributed by atoms with Gasteiger partial charge in [-0.3, -0.25) is 4.79 Å². The van der Waals surface area contributed by atoms with E-state index < -0.39 is 18.2 Å². The van der Waals surface area contributed by atoms with Crippen molar-refractivity contribution in [3.05, 3.63) is 0 Å². The summed E-state index contributed by atoms with van der Waals surface area (Å²) < 4.78 is 0. The van der Waals surface area contributed by atoms with Crippen molar-refractivity contribution in [3.63, 3.8) is 0 Å². The van der Waals surface area contributed by atoms with Crippen LogP contribution >= 0.6 is 0 Å². The summed E-state index contributed by atoms with van der Waals surface area (Å²) in [6.45, 7) is 4.21. The predicted octanol–water partition coefficient (Wildman–Crippen LogP) is 18.1. The van der Waals surface area contributed by atoms with Crippen LogP contribution in [0.4, 0.5) is 0 Å². The van der Waals surface area contributed by atoms with E-state index in [1.807, 2.05) is 0 Å². The van der Waals surface area contributed by atoms with Crippen LogP contribution < -0.4 is 5.32 Å². The van der Waals surface area contributed by atoms with Gasteiger partial charge in [-0.15, -0.1) is 0 Å². The molecule has 1 amide bonds. The molecule has 0 radical (unpaired) electrons. The predicted molar refractivity (Wildman–Crippen MR) is 278 cm³/mol. The van der Waals surface area contributed by atoms with Crippen molar-refractivity contribution in [2.75, 3.05) is 6.61 Å². The van der Waals surface area contributed by atoms with E-state index in [0.717, 1.165) is 32.1 Å². The fourth-order valence-electron chi connectivity index (χ4n) is 9.70. The van der Waals surface area contributed by atoms with Gasteiger partial charge < -0.3 is 20.6 Å². The van der Waals surface area contributed by atoms with Crippen molar-refractivity contribution in [2.24, 2.45) is 0 Å². The average molecular weight is 893 g/mol. The minimum absolute atomic E-state index is 0.137. The van der Waals surface area contributed by atoms with Crippen molar-refractivity contribution in [1.29, 1.82) is 0 Å². The highest BCUT2D eigenvalue weighted by Gasteiger charge is 2.26. The largest absolute Gasteiger partial charge is 0.394 e. The lowest BCUT2D eigenvalue weighted by Crippen LogP contribution is -2.50. The summed E-state index contributed by atoms with van der Waals surface area (Å²) in [6, 6.07) is -0.803. The van der Waals surface area contributed by atoms with Crippen LogP contribution in [-0.4, -0.2) is 46.1 Å². The molecule has 3 atom stereocenters. The quantitative estimate of drug-likeness (QED) is 0.0458. The Bertz CT molecular complexity index is 853. The highest BCUT2D eigenvalue weighted by Crippen LogP contribution is 2.19. The number of amides is 1. The number of carbonyl (C=O) groups excluding carboxylic acids is 1. The lowest BCUT2D eigenvalue weighted by molar-refractivity contribution is -0.124. The van der Waals surface area contributed by atoms with Crippen molar-refractivity contribution >= 4 is 5.91 Å². The van der Waals surface area contributed by atoms with Gasteiger partial charge in [0.15, 0.2) is 0 Å². The van der Waals surface area contributed by atoms with Crippen LogP contribution in [0.1, 0.15) is 341 Å². The number of rotatable bonds is 55. The van der Waals surface area contributed by atoms with E-state index in [1.54, 1.807) is 0 Å². The second-order valence-corrected chi connectivity index (χ2v) is 20.6. The van der Waals surface area contributed by atoms with Crippen molar-refractivity contribution < 1.29 is 20.1 Å². The average Bonchev–Trinajstić information content (AvgIpc) is 3.29. The smallest absolute Gasteiger partial charge is 0.220 e. The summed E-state index contributed by atoms with van der Waals surface area (Å²) in [7, 11) is 0. The Morgan fingerprint density at radius 2 is 0.540 bits per heavy atom. The van der Waals surface area contributed by atoms with E-state index >= 15 is 0 Å². The molecule has 0 aliphatic rings. The van der Waals surface area contributed by atoms with E-state index in [1.165, 1.54) is 283 Å². The van der Waals surface area contributed by atoms with Crippen LogP contribution in [0.5, 0.6) is 0 Å². The number of aliphatic hydroxyl groups excluding tert-OH is 3. The van der Waals surface area contributed by atoms with Gasteiger partial charge in [0.2, 0.25) is 5.91 Å². The molecule has 0 aromatic carbocycles. The molecule has 63 heavy (non-hydrogen) atoms. The summed E-state index contributed by atoms with van der Waals surface area (Å²) in [4.78, 5) is 12.5. The first-order valence-electron chi connectivity index (χ1n) is 29.3. The maximum atomic E-state index is 12.5. The molecule has 5 nitrogen and oxygen atoms in total. The third kappa shape index (κ3) is 49.1. The molecule has 0 heterocycles. The van der Waals surface area contributed by atoms with Crippen molar-refractivity contribution in [1.82, 2.24) is 5.32 Å². The number of hydrogen-bond acceptors (Lipinski definition) is 4. The third-order valence-corrected chi connectivity index (χ3v) is 14.2. The van der Waals surface area contributed by atoms with Crippen LogP contribution in [0.3, 0.4) is 0 Å². The Hall–Kier alpha value is -0.650. The molecule has 0 spiro atoms. The Labute approximate surface area is 396 Å². The van der Waals surface area contributed by atoms with Crippen LogP contribution in [0.25, 0.3) is 0 Å². The van der Waals surface area contributed by atoms with Gasteiger partial charge in [0.1, 0.15) is 6.10 Å². The molecule has 0 saturated carbocycles. The molecule has 0 aliphatic heterocycles. The maximum absolute atomic E-state index is 12.5. The Kier molecular flexibility index (Phi) is 53.4. The standard InChI is InChI=1S/C58H117NO4/c1-3-5-7-9-11-13-15-17-18-19-20-21-22-23-24-25-26-27-28-29-30-31-32-33-34-35-36-37-38-39-40-41-43-45-47-49-51-53-57(62)59-55(54-60)58(63)56(61)52-50-48-46-44-42-16-14-12-10-8-6-4-2/h55-56,58,60-61,63H,3-54H2,1-2H3,(H,59,62). The van der Waals surface area contributed by atoms with Crippen LogP contribution in [0, 0.1) is 0 Å². The maximum Gasteiger partial charge on any atom is 0.220 e. The summed E-state index contributed by atoms with van der Waals surface area (Å²) >= 11 is 0. The molecule has 0 rings (SSSR count). The first kappa shape index (κ1) is 62.4. The summed E-state index contributed by atoms with van der Waals surface area (Å²) in [5.41, 5.74) is 0. The molecule has 5 heteroatoms. The van der Waals surface area contributed by atoms with Crippen molar-refractivity contribution in [2.45, 2.75) is 360 Å². The Morgan fingerprint density at radius 1 is 0.333 bits per heavy atom. The molecule has 0 aromatic heterocycles. The van der Waals surface area contributed by atoms with Crippen molar-refractivity contribution in [3.8, 4) is 0 Å². The molecule has 0 aromatic rings. The number of nitrogens with one attached hydrogen (secondary N) is 1.